The molecule has 2 aromatic carbocycles. The Bertz CT molecular complexity index is 1550. The van der Waals surface area contributed by atoms with E-state index in [9.17, 15) is 31.2 Å². The summed E-state index contributed by atoms with van der Waals surface area (Å²) in [4.78, 5) is 33.4. The summed E-state index contributed by atoms with van der Waals surface area (Å²) in [6, 6.07) is 10.2. The van der Waals surface area contributed by atoms with Crippen LogP contribution in [0, 0.1) is 0 Å². The van der Waals surface area contributed by atoms with Crippen LogP contribution in [0.25, 0.3) is 21.8 Å². The number of aromatic amines is 1. The lowest BCUT2D eigenvalue weighted by Gasteiger charge is -2.18. The Kier molecular flexibility index (Phi) is 3.81. The minimum absolute atomic E-state index is 0.00179. The fourth-order valence-corrected chi connectivity index (χ4v) is 4.13. The van der Waals surface area contributed by atoms with Crippen LogP contribution < -0.4 is 4.18 Å². The monoisotopic (exact) mass is 446 g/mol. The second kappa shape index (κ2) is 6.14. The van der Waals surface area contributed by atoms with E-state index in [0.717, 1.165) is 12.3 Å². The van der Waals surface area contributed by atoms with Gasteiger partial charge in [0.1, 0.15) is 0 Å². The van der Waals surface area contributed by atoms with Gasteiger partial charge in [0.2, 0.25) is 5.78 Å². The van der Waals surface area contributed by atoms with Gasteiger partial charge >= 0.3 is 15.6 Å². The number of pyridine rings is 1. The topological polar surface area (TPSA) is 106 Å². The van der Waals surface area contributed by atoms with Gasteiger partial charge in [-0.25, -0.2) is 0 Å². The highest BCUT2D eigenvalue weighted by atomic mass is 32.2. The Morgan fingerprint density at radius 1 is 0.935 bits per heavy atom. The Hall–Kier alpha value is -3.73. The summed E-state index contributed by atoms with van der Waals surface area (Å²) in [5.74, 6) is -2.00. The van der Waals surface area contributed by atoms with E-state index >= 15 is 0 Å². The van der Waals surface area contributed by atoms with Gasteiger partial charge in [-0.15, -0.1) is 0 Å². The first-order chi connectivity index (χ1) is 14.6. The maximum Gasteiger partial charge on any atom is 0.534 e. The Labute approximate surface area is 171 Å². The maximum absolute atomic E-state index is 13.4. The quantitative estimate of drug-likeness (QED) is 0.327. The smallest absolute Gasteiger partial charge is 0.375 e. The molecule has 1 aliphatic carbocycles. The number of carbonyl (C=O) groups is 2. The number of ketones is 2. The molecule has 5 rings (SSSR count). The fourth-order valence-electron chi connectivity index (χ4n) is 3.66. The number of benzene rings is 2. The van der Waals surface area contributed by atoms with Crippen LogP contribution >= 0.6 is 0 Å². The van der Waals surface area contributed by atoms with Crippen molar-refractivity contribution in [2.45, 2.75) is 5.51 Å². The molecule has 11 heteroatoms. The number of aromatic nitrogens is 2. The number of para-hydroxylation sites is 1. The zero-order valence-corrected chi connectivity index (χ0v) is 16.0. The molecule has 2 aromatic heterocycles. The highest BCUT2D eigenvalue weighted by molar-refractivity contribution is 7.88. The van der Waals surface area contributed by atoms with Gasteiger partial charge in [0.25, 0.3) is 0 Å². The lowest BCUT2D eigenvalue weighted by Crippen LogP contribution is -2.28. The molecule has 2 heterocycles. The third-order valence-corrected chi connectivity index (χ3v) is 5.94. The highest BCUT2D eigenvalue weighted by Crippen LogP contribution is 2.39. The van der Waals surface area contributed by atoms with E-state index in [2.05, 4.69) is 14.2 Å². The minimum atomic E-state index is -6.01. The number of alkyl halides is 3. The molecule has 0 radical (unpaired) electrons. The molecule has 4 aromatic rings. The molecule has 0 saturated carbocycles. The molecule has 7 nitrogen and oxygen atoms in total. The van der Waals surface area contributed by atoms with Crippen molar-refractivity contribution < 1.29 is 35.4 Å². The highest BCUT2D eigenvalue weighted by Gasteiger charge is 2.49. The molecule has 31 heavy (non-hydrogen) atoms. The number of carbonyl (C=O) groups excluding carboxylic acids is 2. The van der Waals surface area contributed by atoms with Crippen LogP contribution in [0.3, 0.4) is 0 Å². The van der Waals surface area contributed by atoms with Crippen molar-refractivity contribution in [3.05, 3.63) is 71.0 Å². The number of halogens is 3. The fraction of sp³-hybridized carbons (Fsp3) is 0.0500. The van der Waals surface area contributed by atoms with Crippen LogP contribution in [0.15, 0.2) is 48.7 Å². The Morgan fingerprint density at radius 2 is 1.68 bits per heavy atom. The lowest BCUT2D eigenvalue weighted by molar-refractivity contribution is -0.0499. The van der Waals surface area contributed by atoms with Crippen molar-refractivity contribution in [3.63, 3.8) is 0 Å². The van der Waals surface area contributed by atoms with E-state index in [1.807, 2.05) is 0 Å². The van der Waals surface area contributed by atoms with Crippen molar-refractivity contribution >= 4 is 43.5 Å². The van der Waals surface area contributed by atoms with Gasteiger partial charge in [-0.1, -0.05) is 24.3 Å². The van der Waals surface area contributed by atoms with Crippen LogP contribution in [-0.4, -0.2) is 35.5 Å². The summed E-state index contributed by atoms with van der Waals surface area (Å²) in [7, 11) is -6.01. The molecular weight excluding hydrogens is 437 g/mol. The van der Waals surface area contributed by atoms with E-state index in [1.165, 1.54) is 12.1 Å². The molecule has 0 unspecified atom stereocenters. The summed E-state index contributed by atoms with van der Waals surface area (Å²) in [6.07, 6.45) is 1.13. The Balaban J connectivity index is 1.82. The average Bonchev–Trinajstić information content (AvgIpc) is 3.10. The minimum Gasteiger partial charge on any atom is -0.375 e. The van der Waals surface area contributed by atoms with E-state index in [-0.39, 0.29) is 33.3 Å². The second-order valence-electron chi connectivity index (χ2n) is 6.76. The molecule has 0 amide bonds. The molecule has 0 spiro atoms. The van der Waals surface area contributed by atoms with E-state index in [1.54, 1.807) is 24.3 Å². The maximum atomic E-state index is 13.4. The molecule has 1 N–H and O–H groups in total. The van der Waals surface area contributed by atoms with Crippen LogP contribution in [0.1, 0.15) is 32.0 Å². The van der Waals surface area contributed by atoms with Crippen molar-refractivity contribution in [2.75, 3.05) is 0 Å². The number of hydrogen-bond donors (Lipinski definition) is 1. The number of nitrogens with one attached hydrogen (secondary N) is 1. The van der Waals surface area contributed by atoms with Crippen LogP contribution in [0.4, 0.5) is 13.2 Å². The number of hydrogen-bond acceptors (Lipinski definition) is 6. The molecule has 0 aliphatic heterocycles. The predicted molar refractivity (Wildman–Crippen MR) is 103 cm³/mol. The number of fused-ring (bicyclic) bond motifs is 6. The zero-order chi connectivity index (χ0) is 22.1. The summed E-state index contributed by atoms with van der Waals surface area (Å²) < 4.78 is 66.1. The lowest BCUT2D eigenvalue weighted by atomic mass is 9.85. The first-order valence-corrected chi connectivity index (χ1v) is 10.1. The standard InChI is InChI=1S/C20H9F3N2O5S/c21-20(22,23)31(28,29)30-13-7-3-6-12-16(13)14-10(8-24-12)18(26)17-15(19(14)27)9-4-1-2-5-11(9)25-17/h1-8,25H. The van der Waals surface area contributed by atoms with Gasteiger partial charge in [-0.2, -0.15) is 21.6 Å². The van der Waals surface area contributed by atoms with Crippen LogP contribution in [0.5, 0.6) is 5.75 Å². The third kappa shape index (κ3) is 2.66. The normalized spacial score (nSPS) is 14.0. The van der Waals surface area contributed by atoms with Gasteiger partial charge < -0.3 is 9.17 Å². The average molecular weight is 446 g/mol. The Morgan fingerprint density at radius 3 is 2.42 bits per heavy atom. The summed E-state index contributed by atoms with van der Waals surface area (Å²) in [5.41, 5.74) is -5.51. The summed E-state index contributed by atoms with van der Waals surface area (Å²) in [6.45, 7) is 0. The van der Waals surface area contributed by atoms with Gasteiger partial charge in [0.05, 0.1) is 27.7 Å². The van der Waals surface area contributed by atoms with Crippen molar-refractivity contribution in [1.82, 2.24) is 9.97 Å². The summed E-state index contributed by atoms with van der Waals surface area (Å²) >= 11 is 0. The van der Waals surface area contributed by atoms with Crippen LogP contribution in [0.2, 0.25) is 0 Å². The molecule has 156 valence electrons. The molecule has 0 atom stereocenters. The first kappa shape index (κ1) is 19.2. The van der Waals surface area contributed by atoms with Crippen molar-refractivity contribution in [2.24, 2.45) is 0 Å². The molecule has 0 saturated heterocycles. The second-order valence-corrected chi connectivity index (χ2v) is 8.30. The van der Waals surface area contributed by atoms with Crippen LogP contribution in [-0.2, 0) is 10.1 Å². The molecule has 0 bridgehead atoms. The zero-order valence-electron chi connectivity index (χ0n) is 15.1. The van der Waals surface area contributed by atoms with Gasteiger partial charge in [-0.05, 0) is 18.2 Å². The molecule has 0 fully saturated rings. The van der Waals surface area contributed by atoms with Crippen molar-refractivity contribution in [3.8, 4) is 5.75 Å². The number of rotatable bonds is 2. The van der Waals surface area contributed by atoms with Gasteiger partial charge in [0, 0.05) is 22.7 Å². The molecule has 1 aliphatic rings. The van der Waals surface area contributed by atoms with Crippen molar-refractivity contribution in [1.29, 1.82) is 0 Å². The number of H-pyrrole nitrogens is 1. The van der Waals surface area contributed by atoms with Gasteiger partial charge in [0.15, 0.2) is 11.5 Å². The van der Waals surface area contributed by atoms with E-state index in [0.29, 0.717) is 10.9 Å². The number of nitrogens with zero attached hydrogens (tertiary/aromatic N) is 1. The summed E-state index contributed by atoms with van der Waals surface area (Å²) in [5, 5.41) is 0.162. The SMILES string of the molecule is O=C1c2cnc3cccc(OS(=O)(=O)C(F)(F)F)c3c2C(=O)c2c1[nH]c1ccccc21. The van der Waals surface area contributed by atoms with Gasteiger partial charge in [-0.3, -0.25) is 14.6 Å². The third-order valence-electron chi connectivity index (χ3n) is 4.97. The van der Waals surface area contributed by atoms with E-state index < -0.39 is 32.9 Å². The predicted octanol–water partition coefficient (Wildman–Crippen LogP) is 3.72. The van der Waals surface area contributed by atoms with E-state index in [4.69, 9.17) is 0 Å². The first-order valence-electron chi connectivity index (χ1n) is 8.73. The molecular formula is C20H9F3N2O5S. The largest absolute Gasteiger partial charge is 0.534 e.